The van der Waals surface area contributed by atoms with Crippen LogP contribution in [-0.2, 0) is 6.54 Å². The Hall–Kier alpha value is -2.40. The second kappa shape index (κ2) is 6.15. The molecule has 2 atom stereocenters. The fraction of sp³-hybridized carbons (Fsp3) is 0.400. The molecule has 25 heavy (non-hydrogen) atoms. The first-order chi connectivity index (χ1) is 12.4. The zero-order valence-electron chi connectivity index (χ0n) is 14.3. The van der Waals surface area contributed by atoms with E-state index in [1.165, 1.54) is 24.9 Å². The van der Waals surface area contributed by atoms with Crippen LogP contribution in [-0.4, -0.2) is 45.5 Å². The fourth-order valence-corrected chi connectivity index (χ4v) is 4.47. The van der Waals surface area contributed by atoms with Crippen LogP contribution in [0.5, 0.6) is 0 Å². The molecule has 6 rings (SSSR count). The lowest BCUT2D eigenvalue weighted by Crippen LogP contribution is -2.43. The zero-order chi connectivity index (χ0) is 16.6. The molecule has 5 nitrogen and oxygen atoms in total. The maximum atomic E-state index is 4.63. The zero-order valence-corrected chi connectivity index (χ0v) is 14.3. The van der Waals surface area contributed by atoms with Gasteiger partial charge in [0.15, 0.2) is 0 Å². The van der Waals surface area contributed by atoms with Crippen LogP contribution in [0, 0.1) is 5.92 Å². The summed E-state index contributed by atoms with van der Waals surface area (Å²) in [5.41, 5.74) is 2.35. The van der Waals surface area contributed by atoms with E-state index in [2.05, 4.69) is 61.1 Å². The summed E-state index contributed by atoms with van der Waals surface area (Å²) in [5, 5.41) is 1.14. The molecule has 0 spiro atoms. The summed E-state index contributed by atoms with van der Waals surface area (Å²) in [5.74, 6) is 1.80. The molecule has 3 fully saturated rings. The van der Waals surface area contributed by atoms with Crippen molar-refractivity contribution in [3.63, 3.8) is 0 Å². The average molecular weight is 333 g/mol. The molecule has 3 aliphatic rings. The Morgan fingerprint density at radius 1 is 1.00 bits per heavy atom. The molecule has 5 heteroatoms. The van der Waals surface area contributed by atoms with E-state index in [9.17, 15) is 0 Å². The van der Waals surface area contributed by atoms with Gasteiger partial charge in [0.2, 0.25) is 0 Å². The molecule has 5 heterocycles. The van der Waals surface area contributed by atoms with Gasteiger partial charge in [0, 0.05) is 38.4 Å². The van der Waals surface area contributed by atoms with Crippen molar-refractivity contribution in [3.8, 4) is 0 Å². The smallest absolute Gasteiger partial charge is 0.142 e. The summed E-state index contributed by atoms with van der Waals surface area (Å²) in [6, 6.07) is 13.6. The van der Waals surface area contributed by atoms with Crippen molar-refractivity contribution in [2.75, 3.05) is 24.5 Å². The lowest BCUT2D eigenvalue weighted by atomic mass is 9.94. The van der Waals surface area contributed by atoms with Gasteiger partial charge >= 0.3 is 0 Å². The molecule has 128 valence electrons. The summed E-state index contributed by atoms with van der Waals surface area (Å²) < 4.78 is 0. The molecule has 0 unspecified atom stereocenters. The van der Waals surface area contributed by atoms with Crippen LogP contribution in [0.25, 0.3) is 11.0 Å². The van der Waals surface area contributed by atoms with Gasteiger partial charge in [-0.25, -0.2) is 9.97 Å². The number of rotatable bonds is 3. The highest BCUT2D eigenvalue weighted by Crippen LogP contribution is 2.33. The largest absolute Gasteiger partial charge is 0.354 e. The van der Waals surface area contributed by atoms with Crippen molar-refractivity contribution in [2.45, 2.75) is 25.4 Å². The summed E-state index contributed by atoms with van der Waals surface area (Å²) in [7, 11) is 0. The second-order valence-corrected chi connectivity index (χ2v) is 7.35. The third kappa shape index (κ3) is 2.78. The van der Waals surface area contributed by atoms with Crippen LogP contribution in [0.1, 0.15) is 18.4 Å². The highest BCUT2D eigenvalue weighted by molar-refractivity contribution is 5.87. The predicted molar refractivity (Wildman–Crippen MR) is 99.5 cm³/mol. The highest BCUT2D eigenvalue weighted by atomic mass is 15.3. The number of hydrogen-bond donors (Lipinski definition) is 1. The molecular weight excluding hydrogens is 310 g/mol. The van der Waals surface area contributed by atoms with Gasteiger partial charge in [-0.2, -0.15) is 0 Å². The number of benzene rings is 1. The minimum absolute atomic E-state index is 0.600. The summed E-state index contributed by atoms with van der Waals surface area (Å²) in [6.07, 6.45) is 6.25. The molecule has 3 saturated heterocycles. The standard InChI is InChI=1S/C20H23N5/c1-2-4-15(5-3-1)10-24-11-16-6-7-17(24)13-25(12-16)20-18-8-9-21-19(18)22-14-23-20/h1-5,8-9,14,16-17H,6-7,10-13H2,(H,21,22,23)/t16-,17-/m1/s1. The molecule has 0 amide bonds. The fourth-order valence-electron chi connectivity index (χ4n) is 4.47. The van der Waals surface area contributed by atoms with Gasteiger partial charge in [0.1, 0.15) is 17.8 Å². The number of H-pyrrole nitrogens is 1. The van der Waals surface area contributed by atoms with Crippen molar-refractivity contribution in [1.82, 2.24) is 19.9 Å². The van der Waals surface area contributed by atoms with E-state index in [1.807, 2.05) is 6.20 Å². The number of nitrogens with zero attached hydrogens (tertiary/aromatic N) is 4. The molecule has 3 aliphatic heterocycles. The Morgan fingerprint density at radius 2 is 1.92 bits per heavy atom. The van der Waals surface area contributed by atoms with Crippen LogP contribution in [0.2, 0.25) is 0 Å². The lowest BCUT2D eigenvalue weighted by Gasteiger charge is -2.36. The Bertz CT molecular complexity index is 859. The predicted octanol–water partition coefficient (Wildman–Crippen LogP) is 3.06. The van der Waals surface area contributed by atoms with E-state index >= 15 is 0 Å². The van der Waals surface area contributed by atoms with Crippen LogP contribution >= 0.6 is 0 Å². The molecule has 0 aliphatic carbocycles. The first-order valence-corrected chi connectivity index (χ1v) is 9.18. The van der Waals surface area contributed by atoms with Gasteiger partial charge in [-0.3, -0.25) is 4.90 Å². The average Bonchev–Trinajstić information content (AvgIpc) is 2.95. The van der Waals surface area contributed by atoms with Crippen molar-refractivity contribution >= 4 is 16.9 Å². The molecule has 0 saturated carbocycles. The Kier molecular flexibility index (Phi) is 3.67. The van der Waals surface area contributed by atoms with Crippen molar-refractivity contribution in [2.24, 2.45) is 5.92 Å². The highest BCUT2D eigenvalue weighted by Gasteiger charge is 2.35. The van der Waals surface area contributed by atoms with Crippen LogP contribution in [0.3, 0.4) is 0 Å². The van der Waals surface area contributed by atoms with Gasteiger partial charge in [0.25, 0.3) is 0 Å². The Morgan fingerprint density at radius 3 is 2.84 bits per heavy atom. The van der Waals surface area contributed by atoms with Crippen molar-refractivity contribution < 1.29 is 0 Å². The van der Waals surface area contributed by atoms with E-state index in [0.29, 0.717) is 12.0 Å². The SMILES string of the molecule is c1ccc(CN2C[C@H]3CC[C@@H]2CN(c2ncnc4[nH]ccc24)C3)cc1. The number of anilines is 1. The normalized spacial score (nSPS) is 23.9. The van der Waals surface area contributed by atoms with Gasteiger partial charge in [-0.15, -0.1) is 0 Å². The third-order valence-electron chi connectivity index (χ3n) is 5.69. The van der Waals surface area contributed by atoms with Gasteiger partial charge in [0.05, 0.1) is 5.39 Å². The number of nitrogens with one attached hydrogen (secondary N) is 1. The van der Waals surface area contributed by atoms with E-state index in [0.717, 1.165) is 36.5 Å². The van der Waals surface area contributed by atoms with Gasteiger partial charge in [-0.05, 0) is 30.4 Å². The Labute approximate surface area is 147 Å². The van der Waals surface area contributed by atoms with E-state index in [-0.39, 0.29) is 0 Å². The summed E-state index contributed by atoms with van der Waals surface area (Å²) in [4.78, 5) is 17.3. The molecule has 2 aromatic heterocycles. The minimum atomic E-state index is 0.600. The van der Waals surface area contributed by atoms with Crippen LogP contribution in [0.15, 0.2) is 48.9 Å². The number of piperidine rings is 1. The van der Waals surface area contributed by atoms with Gasteiger partial charge in [-0.1, -0.05) is 30.3 Å². The van der Waals surface area contributed by atoms with E-state index < -0.39 is 0 Å². The molecular formula is C20H23N5. The van der Waals surface area contributed by atoms with Gasteiger partial charge < -0.3 is 9.88 Å². The third-order valence-corrected chi connectivity index (χ3v) is 5.69. The molecule has 2 bridgehead atoms. The summed E-state index contributed by atoms with van der Waals surface area (Å²) in [6.45, 7) is 4.40. The second-order valence-electron chi connectivity index (χ2n) is 7.35. The van der Waals surface area contributed by atoms with Crippen molar-refractivity contribution in [1.29, 1.82) is 0 Å². The van der Waals surface area contributed by atoms with Crippen LogP contribution in [0.4, 0.5) is 5.82 Å². The minimum Gasteiger partial charge on any atom is -0.354 e. The van der Waals surface area contributed by atoms with E-state index in [1.54, 1.807) is 6.33 Å². The van der Waals surface area contributed by atoms with Crippen LogP contribution < -0.4 is 4.90 Å². The van der Waals surface area contributed by atoms with Crippen molar-refractivity contribution in [3.05, 3.63) is 54.5 Å². The first kappa shape index (κ1) is 14.9. The molecule has 3 aromatic rings. The first-order valence-electron chi connectivity index (χ1n) is 9.18. The maximum absolute atomic E-state index is 4.63. The summed E-state index contributed by atoms with van der Waals surface area (Å²) >= 11 is 0. The molecule has 0 radical (unpaired) electrons. The maximum Gasteiger partial charge on any atom is 0.142 e. The number of aromatic nitrogens is 3. The number of fused-ring (bicyclic) bond motifs is 5. The topological polar surface area (TPSA) is 48.1 Å². The monoisotopic (exact) mass is 333 g/mol. The van der Waals surface area contributed by atoms with E-state index in [4.69, 9.17) is 0 Å². The molecule has 1 aromatic carbocycles. The number of aromatic amines is 1. The lowest BCUT2D eigenvalue weighted by molar-refractivity contribution is 0.126. The molecule has 1 N–H and O–H groups in total. The number of hydrogen-bond acceptors (Lipinski definition) is 4. The quantitative estimate of drug-likeness (QED) is 0.800. The Balaban J connectivity index is 1.42.